The Bertz CT molecular complexity index is 566. The van der Waals surface area contributed by atoms with Crippen LogP contribution in [0.2, 0.25) is 0 Å². The zero-order valence-electron chi connectivity index (χ0n) is 13.6. The van der Waals surface area contributed by atoms with Gasteiger partial charge < -0.3 is 10.6 Å². The Morgan fingerprint density at radius 1 is 1.36 bits per heavy atom. The zero-order chi connectivity index (χ0) is 15.9. The van der Waals surface area contributed by atoms with E-state index in [1.807, 2.05) is 13.8 Å². The summed E-state index contributed by atoms with van der Waals surface area (Å²) in [6.07, 6.45) is 3.82. The number of aliphatic imine (C=N–C) groups is 1. The number of benzene rings is 1. The molecule has 0 aromatic heterocycles. The molecular weight excluding hydrogens is 274 g/mol. The molecule has 0 saturated carbocycles. The van der Waals surface area contributed by atoms with E-state index in [1.165, 1.54) is 5.57 Å². The van der Waals surface area contributed by atoms with Crippen molar-refractivity contribution in [3.63, 3.8) is 0 Å². The van der Waals surface area contributed by atoms with Gasteiger partial charge in [0.1, 0.15) is 0 Å². The third-order valence-corrected chi connectivity index (χ3v) is 4.10. The molecule has 1 unspecified atom stereocenters. The lowest BCUT2D eigenvalue weighted by Gasteiger charge is -2.11. The normalized spacial score (nSPS) is 19.3. The lowest BCUT2D eigenvalue weighted by Crippen LogP contribution is -2.39. The molecule has 22 heavy (non-hydrogen) atoms. The molecule has 4 nitrogen and oxygen atoms in total. The molecule has 2 rings (SSSR count). The predicted molar refractivity (Wildman–Crippen MR) is 91.7 cm³/mol. The molecule has 1 saturated heterocycles. The molecule has 1 aromatic carbocycles. The molecule has 118 valence electrons. The van der Waals surface area contributed by atoms with Crippen molar-refractivity contribution >= 4 is 17.7 Å². The molecule has 1 heterocycles. The predicted octanol–water partition coefficient (Wildman–Crippen LogP) is 2.90. The molecule has 0 aliphatic carbocycles. The summed E-state index contributed by atoms with van der Waals surface area (Å²) < 4.78 is 0. The van der Waals surface area contributed by atoms with Gasteiger partial charge in [-0.05, 0) is 56.9 Å². The van der Waals surface area contributed by atoms with Gasteiger partial charge in [-0.25, -0.2) is 0 Å². The summed E-state index contributed by atoms with van der Waals surface area (Å²) in [4.78, 5) is 16.3. The summed E-state index contributed by atoms with van der Waals surface area (Å²) in [6.45, 7) is 7.52. The van der Waals surface area contributed by atoms with E-state index in [0.29, 0.717) is 6.54 Å². The summed E-state index contributed by atoms with van der Waals surface area (Å²) in [5, 5.41) is 6.21. The van der Waals surface area contributed by atoms with Crippen LogP contribution in [0.25, 0.3) is 5.57 Å². The minimum absolute atomic E-state index is 0.0148. The van der Waals surface area contributed by atoms with Gasteiger partial charge in [0.25, 0.3) is 0 Å². The van der Waals surface area contributed by atoms with Gasteiger partial charge in [0.15, 0.2) is 0 Å². The number of hydrogen-bond acceptors (Lipinski definition) is 3. The fraction of sp³-hybridized carbons (Fsp3) is 0.444. The highest BCUT2D eigenvalue weighted by Gasteiger charge is 2.21. The van der Waals surface area contributed by atoms with Crippen molar-refractivity contribution < 1.29 is 4.79 Å². The fourth-order valence-corrected chi connectivity index (χ4v) is 2.59. The summed E-state index contributed by atoms with van der Waals surface area (Å²) in [5.74, 6) is 0.103. The number of hydrogen-bond donors (Lipinski definition) is 2. The monoisotopic (exact) mass is 299 g/mol. The van der Waals surface area contributed by atoms with E-state index < -0.39 is 0 Å². The van der Waals surface area contributed by atoms with Gasteiger partial charge in [-0.2, -0.15) is 0 Å². The quantitative estimate of drug-likeness (QED) is 0.821. The molecule has 1 atom stereocenters. The number of allylic oxidation sites excluding steroid dienone is 2. The molecule has 2 N–H and O–H groups in total. The first-order chi connectivity index (χ1) is 10.6. The maximum absolute atomic E-state index is 12.0. The molecule has 1 aromatic rings. The van der Waals surface area contributed by atoms with Crippen LogP contribution in [0, 0.1) is 0 Å². The Morgan fingerprint density at radius 2 is 2.09 bits per heavy atom. The van der Waals surface area contributed by atoms with Gasteiger partial charge in [0.05, 0.1) is 6.04 Å². The van der Waals surface area contributed by atoms with Crippen molar-refractivity contribution in [2.24, 2.45) is 4.99 Å². The van der Waals surface area contributed by atoms with Crippen molar-refractivity contribution in [2.75, 3.05) is 6.54 Å². The van der Waals surface area contributed by atoms with Crippen LogP contribution in [0.5, 0.6) is 0 Å². The van der Waals surface area contributed by atoms with E-state index in [1.54, 1.807) is 6.21 Å². The van der Waals surface area contributed by atoms with E-state index >= 15 is 0 Å². The van der Waals surface area contributed by atoms with Crippen molar-refractivity contribution in [3.8, 4) is 0 Å². The Labute approximate surface area is 132 Å². The smallest absolute Gasteiger partial charge is 0.237 e. The highest BCUT2D eigenvalue weighted by molar-refractivity contribution is 5.82. The second-order valence-electron chi connectivity index (χ2n) is 5.66. The van der Waals surface area contributed by atoms with Gasteiger partial charge in [-0.3, -0.25) is 9.79 Å². The third-order valence-electron chi connectivity index (χ3n) is 4.10. The highest BCUT2D eigenvalue weighted by atomic mass is 16.2. The van der Waals surface area contributed by atoms with E-state index in [-0.39, 0.29) is 11.9 Å². The molecular formula is C18H25N3O. The number of rotatable bonds is 5. The molecule has 1 aliphatic heterocycles. The topological polar surface area (TPSA) is 53.5 Å². The van der Waals surface area contributed by atoms with E-state index in [4.69, 9.17) is 0 Å². The maximum Gasteiger partial charge on any atom is 0.237 e. The largest absolute Gasteiger partial charge is 0.351 e. The standard InChI is InChI=1S/C18H25N3O/c1-4-19-14(3)13(2)16-9-7-15(8-10-16)12-21-18(22)17-6-5-11-20-17/h4,7-10,17,20H,5-6,11-12H2,1-3H3,(H,21,22)/b14-13+,19-4?. The summed E-state index contributed by atoms with van der Waals surface area (Å²) in [6, 6.07) is 8.27. The summed E-state index contributed by atoms with van der Waals surface area (Å²) in [5.41, 5.74) is 4.47. The van der Waals surface area contributed by atoms with Crippen LogP contribution >= 0.6 is 0 Å². The average Bonchev–Trinajstić information content (AvgIpc) is 3.07. The van der Waals surface area contributed by atoms with Crippen LogP contribution < -0.4 is 10.6 Å². The van der Waals surface area contributed by atoms with E-state index in [9.17, 15) is 4.79 Å². The first kappa shape index (κ1) is 16.4. The van der Waals surface area contributed by atoms with Crippen LogP contribution in [-0.2, 0) is 11.3 Å². The van der Waals surface area contributed by atoms with Gasteiger partial charge >= 0.3 is 0 Å². The molecule has 0 spiro atoms. The van der Waals surface area contributed by atoms with Crippen LogP contribution in [0.1, 0.15) is 44.7 Å². The Kier molecular flexibility index (Phi) is 5.90. The maximum atomic E-state index is 12.0. The third kappa shape index (κ3) is 4.28. The van der Waals surface area contributed by atoms with Crippen molar-refractivity contribution in [1.29, 1.82) is 0 Å². The molecule has 4 heteroatoms. The lowest BCUT2D eigenvalue weighted by molar-refractivity contribution is -0.122. The van der Waals surface area contributed by atoms with Gasteiger partial charge in [0.2, 0.25) is 5.91 Å². The molecule has 0 bridgehead atoms. The van der Waals surface area contributed by atoms with Crippen LogP contribution in [0.3, 0.4) is 0 Å². The first-order valence-corrected chi connectivity index (χ1v) is 7.88. The molecule has 1 fully saturated rings. The van der Waals surface area contributed by atoms with Crippen molar-refractivity contribution in [3.05, 3.63) is 41.1 Å². The van der Waals surface area contributed by atoms with E-state index in [0.717, 1.165) is 36.2 Å². The Balaban J connectivity index is 1.94. The van der Waals surface area contributed by atoms with Crippen molar-refractivity contribution in [2.45, 2.75) is 46.2 Å². The number of nitrogens with one attached hydrogen (secondary N) is 2. The first-order valence-electron chi connectivity index (χ1n) is 7.88. The molecule has 1 aliphatic rings. The van der Waals surface area contributed by atoms with Crippen LogP contribution in [0.4, 0.5) is 0 Å². The van der Waals surface area contributed by atoms with Crippen molar-refractivity contribution in [1.82, 2.24) is 10.6 Å². The number of amides is 1. The zero-order valence-corrected chi connectivity index (χ0v) is 13.6. The second-order valence-corrected chi connectivity index (χ2v) is 5.66. The summed E-state index contributed by atoms with van der Waals surface area (Å²) >= 11 is 0. The number of carbonyl (C=O) groups excluding carboxylic acids is 1. The highest BCUT2D eigenvalue weighted by Crippen LogP contribution is 2.19. The fourth-order valence-electron chi connectivity index (χ4n) is 2.59. The Hall–Kier alpha value is -1.94. The minimum Gasteiger partial charge on any atom is -0.351 e. The lowest BCUT2D eigenvalue weighted by atomic mass is 10.0. The number of nitrogens with zero attached hydrogens (tertiary/aromatic N) is 1. The molecule has 0 radical (unpaired) electrons. The second kappa shape index (κ2) is 7.90. The summed E-state index contributed by atoms with van der Waals surface area (Å²) in [7, 11) is 0. The average molecular weight is 299 g/mol. The Morgan fingerprint density at radius 3 is 2.68 bits per heavy atom. The van der Waals surface area contributed by atoms with Gasteiger partial charge in [0, 0.05) is 18.5 Å². The number of carbonyl (C=O) groups is 1. The minimum atomic E-state index is -0.0148. The van der Waals surface area contributed by atoms with Crippen LogP contribution in [-0.4, -0.2) is 24.7 Å². The SMILES string of the molecule is CC=N/C(C)=C(\C)c1ccc(CNC(=O)C2CCCN2)cc1. The van der Waals surface area contributed by atoms with Gasteiger partial charge in [-0.1, -0.05) is 24.3 Å². The van der Waals surface area contributed by atoms with E-state index in [2.05, 4.69) is 46.8 Å². The van der Waals surface area contributed by atoms with Crippen LogP contribution in [0.15, 0.2) is 35.0 Å². The molecule has 1 amide bonds. The van der Waals surface area contributed by atoms with Gasteiger partial charge in [-0.15, -0.1) is 0 Å².